The third-order valence-electron chi connectivity index (χ3n) is 2.33. The molecular formula is C11H6N2O. The van der Waals surface area contributed by atoms with Crippen LogP contribution in [0.1, 0.15) is 15.9 Å². The van der Waals surface area contributed by atoms with E-state index in [1.54, 1.807) is 18.5 Å². The van der Waals surface area contributed by atoms with E-state index in [9.17, 15) is 4.79 Å². The lowest BCUT2D eigenvalue weighted by Crippen LogP contribution is -1.92. The number of carbonyl (C=O) groups is 1. The smallest absolute Gasteiger partial charge is 0.267 e. The van der Waals surface area contributed by atoms with Gasteiger partial charge < -0.3 is 0 Å². The predicted octanol–water partition coefficient (Wildman–Crippen LogP) is 1.81. The first-order valence-corrected chi connectivity index (χ1v) is 4.32. The van der Waals surface area contributed by atoms with Gasteiger partial charge in [-0.2, -0.15) is 0 Å². The molecule has 0 aliphatic carbocycles. The van der Waals surface area contributed by atoms with Crippen molar-refractivity contribution in [1.82, 2.24) is 4.98 Å². The molecule has 2 aromatic rings. The van der Waals surface area contributed by atoms with E-state index in [0.29, 0.717) is 5.56 Å². The fourth-order valence-corrected chi connectivity index (χ4v) is 1.63. The predicted molar refractivity (Wildman–Crippen MR) is 53.7 cm³/mol. The molecule has 1 aliphatic heterocycles. The number of pyridine rings is 1. The number of hydrogen-bond acceptors (Lipinski definition) is 2. The number of hydrogen-bond donors (Lipinski definition) is 0. The Bertz CT molecular complexity index is 573. The molecule has 3 rings (SSSR count). The zero-order valence-corrected chi connectivity index (χ0v) is 7.27. The van der Waals surface area contributed by atoms with E-state index in [0.717, 1.165) is 16.5 Å². The molecule has 1 aliphatic rings. The minimum Gasteiger partial charge on any atom is -0.267 e. The summed E-state index contributed by atoms with van der Waals surface area (Å²) in [7, 11) is 0. The van der Waals surface area contributed by atoms with E-state index in [4.69, 9.17) is 0 Å². The molecule has 3 nitrogen and oxygen atoms in total. The molecule has 66 valence electrons. The molecular weight excluding hydrogens is 176 g/mol. The Morgan fingerprint density at radius 3 is 3.07 bits per heavy atom. The van der Waals surface area contributed by atoms with Gasteiger partial charge in [-0.15, -0.1) is 0 Å². The van der Waals surface area contributed by atoms with E-state index >= 15 is 0 Å². The fraction of sp³-hybridized carbons (Fsp3) is 0. The van der Waals surface area contributed by atoms with Crippen LogP contribution in [0.2, 0.25) is 0 Å². The van der Waals surface area contributed by atoms with Gasteiger partial charge in [-0.25, -0.2) is 4.99 Å². The summed E-state index contributed by atoms with van der Waals surface area (Å²) in [5.41, 5.74) is 2.37. The van der Waals surface area contributed by atoms with Crippen molar-refractivity contribution in [3.8, 4) is 0 Å². The number of aliphatic imine (C=N–C) groups is 1. The van der Waals surface area contributed by atoms with E-state index in [1.807, 2.05) is 18.2 Å². The molecule has 0 saturated heterocycles. The highest BCUT2D eigenvalue weighted by molar-refractivity contribution is 6.15. The first-order valence-electron chi connectivity index (χ1n) is 4.32. The summed E-state index contributed by atoms with van der Waals surface area (Å²) in [6.07, 6.45) is 3.32. The molecule has 3 heteroatoms. The number of nitrogens with zero attached hydrogens (tertiary/aromatic N) is 2. The standard InChI is InChI=1S/C11H6N2O/c14-11-9-5-10-7(2-1-3-12-10)4-8(9)6-13-11/h1-6H. The Morgan fingerprint density at radius 2 is 2.14 bits per heavy atom. The lowest BCUT2D eigenvalue weighted by Gasteiger charge is -1.99. The van der Waals surface area contributed by atoms with Crippen molar-refractivity contribution < 1.29 is 4.79 Å². The van der Waals surface area contributed by atoms with E-state index in [2.05, 4.69) is 9.98 Å². The van der Waals surface area contributed by atoms with Crippen LogP contribution < -0.4 is 0 Å². The van der Waals surface area contributed by atoms with E-state index in [-0.39, 0.29) is 5.91 Å². The average molecular weight is 182 g/mol. The maximum Gasteiger partial charge on any atom is 0.277 e. The largest absolute Gasteiger partial charge is 0.277 e. The van der Waals surface area contributed by atoms with Crippen LogP contribution in [-0.4, -0.2) is 17.1 Å². The quantitative estimate of drug-likeness (QED) is 0.623. The number of amides is 1. The number of aromatic nitrogens is 1. The summed E-state index contributed by atoms with van der Waals surface area (Å²) in [6.45, 7) is 0. The Hall–Kier alpha value is -2.03. The Balaban J connectivity index is 2.42. The maximum absolute atomic E-state index is 11.3. The normalized spacial score (nSPS) is 13.6. The van der Waals surface area contributed by atoms with Gasteiger partial charge in [0.2, 0.25) is 0 Å². The minimum atomic E-state index is -0.174. The topological polar surface area (TPSA) is 42.3 Å². The molecule has 1 aromatic carbocycles. The van der Waals surface area contributed by atoms with Crippen molar-refractivity contribution in [2.24, 2.45) is 4.99 Å². The van der Waals surface area contributed by atoms with Crippen LogP contribution in [0.3, 0.4) is 0 Å². The molecule has 14 heavy (non-hydrogen) atoms. The van der Waals surface area contributed by atoms with Gasteiger partial charge in [-0.3, -0.25) is 9.78 Å². The molecule has 2 heterocycles. The summed E-state index contributed by atoms with van der Waals surface area (Å²) in [6, 6.07) is 7.58. The SMILES string of the molecule is O=C1N=Cc2cc3cccnc3cc21. The molecule has 0 spiro atoms. The molecule has 0 saturated carbocycles. The average Bonchev–Trinajstić information content (AvgIpc) is 2.57. The van der Waals surface area contributed by atoms with Crippen LogP contribution in [0.5, 0.6) is 0 Å². The van der Waals surface area contributed by atoms with Gasteiger partial charge in [0.05, 0.1) is 11.1 Å². The first kappa shape index (κ1) is 7.38. The lowest BCUT2D eigenvalue weighted by molar-refractivity contribution is 0.101. The van der Waals surface area contributed by atoms with Crippen molar-refractivity contribution in [2.45, 2.75) is 0 Å². The summed E-state index contributed by atoms with van der Waals surface area (Å²) in [4.78, 5) is 19.2. The van der Waals surface area contributed by atoms with Crippen molar-refractivity contribution in [2.75, 3.05) is 0 Å². The zero-order valence-electron chi connectivity index (χ0n) is 7.27. The third kappa shape index (κ3) is 0.893. The van der Waals surface area contributed by atoms with Gasteiger partial charge in [-0.05, 0) is 18.2 Å². The van der Waals surface area contributed by atoms with Gasteiger partial charge in [0.25, 0.3) is 5.91 Å². The fourth-order valence-electron chi connectivity index (χ4n) is 1.63. The second-order valence-corrected chi connectivity index (χ2v) is 3.20. The third-order valence-corrected chi connectivity index (χ3v) is 2.33. The summed E-state index contributed by atoms with van der Waals surface area (Å²) < 4.78 is 0. The van der Waals surface area contributed by atoms with Gasteiger partial charge in [0.1, 0.15) is 0 Å². The maximum atomic E-state index is 11.3. The molecule has 0 fully saturated rings. The van der Waals surface area contributed by atoms with E-state index < -0.39 is 0 Å². The summed E-state index contributed by atoms with van der Waals surface area (Å²) >= 11 is 0. The first-order chi connectivity index (χ1) is 6.84. The van der Waals surface area contributed by atoms with Crippen molar-refractivity contribution in [3.63, 3.8) is 0 Å². The molecule has 1 amide bonds. The van der Waals surface area contributed by atoms with Crippen molar-refractivity contribution >= 4 is 23.0 Å². The minimum absolute atomic E-state index is 0.174. The number of rotatable bonds is 0. The lowest BCUT2D eigenvalue weighted by atomic mass is 10.1. The molecule has 0 N–H and O–H groups in total. The van der Waals surface area contributed by atoms with Crippen LogP contribution in [0, 0.1) is 0 Å². The van der Waals surface area contributed by atoms with Crippen LogP contribution in [0.4, 0.5) is 0 Å². The van der Waals surface area contributed by atoms with Gasteiger partial charge in [0, 0.05) is 23.4 Å². The van der Waals surface area contributed by atoms with Crippen LogP contribution >= 0.6 is 0 Å². The Kier molecular flexibility index (Phi) is 1.31. The molecule has 0 bridgehead atoms. The second-order valence-electron chi connectivity index (χ2n) is 3.20. The molecule has 0 unspecified atom stereocenters. The number of carbonyl (C=O) groups excluding carboxylic acids is 1. The van der Waals surface area contributed by atoms with Crippen LogP contribution in [-0.2, 0) is 0 Å². The van der Waals surface area contributed by atoms with Crippen molar-refractivity contribution in [3.05, 3.63) is 41.6 Å². The summed E-state index contributed by atoms with van der Waals surface area (Å²) in [5, 5.41) is 1.03. The highest BCUT2D eigenvalue weighted by Crippen LogP contribution is 2.21. The van der Waals surface area contributed by atoms with Crippen molar-refractivity contribution in [1.29, 1.82) is 0 Å². The highest BCUT2D eigenvalue weighted by Gasteiger charge is 2.15. The number of benzene rings is 1. The summed E-state index contributed by atoms with van der Waals surface area (Å²) in [5.74, 6) is -0.174. The molecule has 1 aromatic heterocycles. The van der Waals surface area contributed by atoms with Gasteiger partial charge in [0.15, 0.2) is 0 Å². The van der Waals surface area contributed by atoms with Crippen LogP contribution in [0.15, 0.2) is 35.5 Å². The Morgan fingerprint density at radius 1 is 1.21 bits per heavy atom. The zero-order chi connectivity index (χ0) is 9.54. The van der Waals surface area contributed by atoms with Gasteiger partial charge >= 0.3 is 0 Å². The monoisotopic (exact) mass is 182 g/mol. The van der Waals surface area contributed by atoms with Gasteiger partial charge in [-0.1, -0.05) is 6.07 Å². The van der Waals surface area contributed by atoms with Crippen LogP contribution in [0.25, 0.3) is 10.9 Å². The number of fused-ring (bicyclic) bond motifs is 2. The highest BCUT2D eigenvalue weighted by atomic mass is 16.1. The van der Waals surface area contributed by atoms with E-state index in [1.165, 1.54) is 0 Å². The molecule has 0 radical (unpaired) electrons. The molecule has 0 atom stereocenters. The Labute approximate surface area is 80.1 Å². The second kappa shape index (κ2) is 2.48.